The lowest BCUT2D eigenvalue weighted by Crippen LogP contribution is -2.49. The van der Waals surface area contributed by atoms with Crippen LogP contribution in [0.5, 0.6) is 0 Å². The van der Waals surface area contributed by atoms with Gasteiger partial charge in [-0.25, -0.2) is 15.0 Å². The molecule has 3 heterocycles. The van der Waals surface area contributed by atoms with E-state index in [0.29, 0.717) is 31.1 Å². The molecule has 1 fully saturated rings. The predicted octanol–water partition coefficient (Wildman–Crippen LogP) is 1.95. The maximum atomic E-state index is 12.5. The highest BCUT2D eigenvalue weighted by atomic mass is 32.1. The first-order chi connectivity index (χ1) is 12.7. The summed E-state index contributed by atoms with van der Waals surface area (Å²) in [6.07, 6.45) is 2.72. The number of carbonyl (C=O) groups is 1. The number of hydrogen-bond donors (Lipinski definition) is 1. The molecule has 1 amide bonds. The van der Waals surface area contributed by atoms with Crippen LogP contribution in [0.25, 0.3) is 10.9 Å². The molecule has 3 aromatic rings. The molecule has 2 N–H and O–H groups in total. The summed E-state index contributed by atoms with van der Waals surface area (Å²) >= 11 is 1.41. The molecular formula is C18H20N6OS. The Morgan fingerprint density at radius 3 is 2.73 bits per heavy atom. The van der Waals surface area contributed by atoms with E-state index in [1.165, 1.54) is 11.3 Å². The van der Waals surface area contributed by atoms with Gasteiger partial charge in [-0.2, -0.15) is 0 Å². The second-order valence-corrected chi connectivity index (χ2v) is 7.15. The van der Waals surface area contributed by atoms with Gasteiger partial charge in [0, 0.05) is 43.4 Å². The van der Waals surface area contributed by atoms with Crippen molar-refractivity contribution in [3.63, 3.8) is 0 Å². The van der Waals surface area contributed by atoms with E-state index in [4.69, 9.17) is 5.73 Å². The number of nitrogens with two attached hydrogens (primary N) is 1. The van der Waals surface area contributed by atoms with Crippen molar-refractivity contribution in [3.05, 3.63) is 41.7 Å². The van der Waals surface area contributed by atoms with E-state index in [2.05, 4.69) is 19.9 Å². The fourth-order valence-corrected chi connectivity index (χ4v) is 3.84. The lowest BCUT2D eigenvalue weighted by molar-refractivity contribution is -0.131. The SMILES string of the molecule is Nc1nc(CCC(=O)N2CCN(c3ncnc4ccccc34)CC2)cs1. The van der Waals surface area contributed by atoms with Crippen molar-refractivity contribution < 1.29 is 4.79 Å². The number of piperazine rings is 1. The molecule has 7 nitrogen and oxygen atoms in total. The standard InChI is InChI=1S/C18H20N6OS/c19-18-22-13(11-26-18)5-6-16(25)23-7-9-24(10-8-23)17-14-3-1-2-4-15(14)20-12-21-17/h1-4,11-12H,5-10H2,(H2,19,22). The lowest BCUT2D eigenvalue weighted by atomic mass is 10.2. The average molecular weight is 368 g/mol. The van der Waals surface area contributed by atoms with Crippen LogP contribution in [0.15, 0.2) is 36.0 Å². The maximum Gasteiger partial charge on any atom is 0.223 e. The van der Waals surface area contributed by atoms with Crippen LogP contribution in [0.4, 0.5) is 10.9 Å². The van der Waals surface area contributed by atoms with Crippen molar-refractivity contribution in [2.75, 3.05) is 36.8 Å². The molecular weight excluding hydrogens is 348 g/mol. The number of amides is 1. The van der Waals surface area contributed by atoms with Gasteiger partial charge in [0.05, 0.1) is 11.2 Å². The Kier molecular flexibility index (Phi) is 4.66. The Morgan fingerprint density at radius 2 is 1.96 bits per heavy atom. The summed E-state index contributed by atoms with van der Waals surface area (Å²) in [6.45, 7) is 2.96. The molecule has 134 valence electrons. The largest absolute Gasteiger partial charge is 0.375 e. The number of nitrogens with zero attached hydrogens (tertiary/aromatic N) is 5. The summed E-state index contributed by atoms with van der Waals surface area (Å²) in [6, 6.07) is 8.01. The first-order valence-corrected chi connectivity index (χ1v) is 9.51. The third-order valence-corrected chi connectivity index (χ3v) is 5.34. The third kappa shape index (κ3) is 3.45. The van der Waals surface area contributed by atoms with Crippen molar-refractivity contribution in [3.8, 4) is 0 Å². The Balaban J connectivity index is 1.37. The Labute approximate surface area is 155 Å². The number of thiazole rings is 1. The number of hydrogen-bond acceptors (Lipinski definition) is 7. The highest BCUT2D eigenvalue weighted by Gasteiger charge is 2.23. The van der Waals surface area contributed by atoms with Gasteiger partial charge in [0.1, 0.15) is 12.1 Å². The zero-order valence-electron chi connectivity index (χ0n) is 14.3. The van der Waals surface area contributed by atoms with Gasteiger partial charge in [-0.3, -0.25) is 4.79 Å². The highest BCUT2D eigenvalue weighted by Crippen LogP contribution is 2.23. The van der Waals surface area contributed by atoms with Crippen LogP contribution in [0.3, 0.4) is 0 Å². The van der Waals surface area contributed by atoms with E-state index in [-0.39, 0.29) is 5.91 Å². The van der Waals surface area contributed by atoms with Crippen LogP contribution in [0.2, 0.25) is 0 Å². The summed E-state index contributed by atoms with van der Waals surface area (Å²) < 4.78 is 0. The molecule has 26 heavy (non-hydrogen) atoms. The number of carbonyl (C=O) groups excluding carboxylic acids is 1. The topological polar surface area (TPSA) is 88.2 Å². The van der Waals surface area contributed by atoms with E-state index >= 15 is 0 Å². The van der Waals surface area contributed by atoms with Gasteiger partial charge in [0.2, 0.25) is 5.91 Å². The molecule has 0 aliphatic carbocycles. The first-order valence-electron chi connectivity index (χ1n) is 8.63. The Hall–Kier alpha value is -2.74. The summed E-state index contributed by atoms with van der Waals surface area (Å²) in [5.41, 5.74) is 7.47. The number of rotatable bonds is 4. The fraction of sp³-hybridized carbons (Fsp3) is 0.333. The number of aryl methyl sites for hydroxylation is 1. The first kappa shape index (κ1) is 16.7. The highest BCUT2D eigenvalue weighted by molar-refractivity contribution is 7.13. The van der Waals surface area contributed by atoms with Crippen molar-refractivity contribution in [2.45, 2.75) is 12.8 Å². The van der Waals surface area contributed by atoms with Crippen molar-refractivity contribution in [2.24, 2.45) is 0 Å². The van der Waals surface area contributed by atoms with Crippen LogP contribution >= 0.6 is 11.3 Å². The van der Waals surface area contributed by atoms with Crippen LogP contribution in [-0.2, 0) is 11.2 Å². The minimum absolute atomic E-state index is 0.170. The molecule has 0 bridgehead atoms. The predicted molar refractivity (Wildman–Crippen MR) is 103 cm³/mol. The Morgan fingerprint density at radius 1 is 1.15 bits per heavy atom. The summed E-state index contributed by atoms with van der Waals surface area (Å²) in [5.74, 6) is 1.12. The number of nitrogen functional groups attached to an aromatic ring is 1. The summed E-state index contributed by atoms with van der Waals surface area (Å²) in [5, 5.41) is 3.52. The van der Waals surface area contributed by atoms with Crippen molar-refractivity contribution >= 4 is 39.1 Å². The number of benzene rings is 1. The minimum atomic E-state index is 0.170. The van der Waals surface area contributed by atoms with E-state index in [1.807, 2.05) is 34.5 Å². The van der Waals surface area contributed by atoms with Crippen LogP contribution < -0.4 is 10.6 Å². The van der Waals surface area contributed by atoms with Crippen LogP contribution in [0.1, 0.15) is 12.1 Å². The van der Waals surface area contributed by atoms with E-state index < -0.39 is 0 Å². The van der Waals surface area contributed by atoms with Crippen LogP contribution in [0, 0.1) is 0 Å². The van der Waals surface area contributed by atoms with Gasteiger partial charge in [0.15, 0.2) is 5.13 Å². The smallest absolute Gasteiger partial charge is 0.223 e. The molecule has 0 spiro atoms. The van der Waals surface area contributed by atoms with Gasteiger partial charge >= 0.3 is 0 Å². The molecule has 0 unspecified atom stereocenters. The van der Waals surface area contributed by atoms with Crippen LogP contribution in [-0.4, -0.2) is 51.9 Å². The maximum absolute atomic E-state index is 12.5. The molecule has 8 heteroatoms. The van der Waals surface area contributed by atoms with Gasteiger partial charge in [0.25, 0.3) is 0 Å². The second-order valence-electron chi connectivity index (χ2n) is 6.26. The van der Waals surface area contributed by atoms with Gasteiger partial charge < -0.3 is 15.5 Å². The molecule has 1 aromatic carbocycles. The quantitative estimate of drug-likeness (QED) is 0.757. The van der Waals surface area contributed by atoms with Crippen molar-refractivity contribution in [1.29, 1.82) is 0 Å². The number of fused-ring (bicyclic) bond motifs is 1. The monoisotopic (exact) mass is 368 g/mol. The van der Waals surface area contributed by atoms with Gasteiger partial charge in [-0.15, -0.1) is 11.3 Å². The molecule has 2 aromatic heterocycles. The minimum Gasteiger partial charge on any atom is -0.375 e. The average Bonchev–Trinajstić information content (AvgIpc) is 3.11. The van der Waals surface area contributed by atoms with Crippen molar-refractivity contribution in [1.82, 2.24) is 19.9 Å². The third-order valence-electron chi connectivity index (χ3n) is 4.62. The molecule has 1 aliphatic rings. The van der Waals surface area contributed by atoms with E-state index in [1.54, 1.807) is 6.33 Å². The fourth-order valence-electron chi connectivity index (χ4n) is 3.24. The molecule has 0 atom stereocenters. The lowest BCUT2D eigenvalue weighted by Gasteiger charge is -2.35. The summed E-state index contributed by atoms with van der Waals surface area (Å²) in [7, 11) is 0. The normalized spacial score (nSPS) is 14.8. The second kappa shape index (κ2) is 7.25. The molecule has 1 aliphatic heterocycles. The molecule has 0 saturated carbocycles. The molecule has 0 radical (unpaired) electrons. The molecule has 4 rings (SSSR count). The van der Waals surface area contributed by atoms with E-state index in [9.17, 15) is 4.79 Å². The van der Waals surface area contributed by atoms with Gasteiger partial charge in [-0.1, -0.05) is 12.1 Å². The van der Waals surface area contributed by atoms with Gasteiger partial charge in [-0.05, 0) is 18.6 Å². The Bertz CT molecular complexity index is 913. The molecule has 1 saturated heterocycles. The summed E-state index contributed by atoms with van der Waals surface area (Å²) in [4.78, 5) is 29.6. The number of para-hydroxylation sites is 1. The zero-order chi connectivity index (χ0) is 17.9. The number of anilines is 2. The van der Waals surface area contributed by atoms with E-state index in [0.717, 1.165) is 35.5 Å². The zero-order valence-corrected chi connectivity index (χ0v) is 15.2. The number of aromatic nitrogens is 3.